The van der Waals surface area contributed by atoms with Crippen molar-refractivity contribution in [3.05, 3.63) is 30.1 Å². The van der Waals surface area contributed by atoms with E-state index >= 15 is 0 Å². The number of aryl methyl sites for hydroxylation is 1. The summed E-state index contributed by atoms with van der Waals surface area (Å²) in [6.07, 6.45) is 3.55. The molecule has 30 heavy (non-hydrogen) atoms. The molecule has 1 aliphatic rings. The molecule has 4 rings (SSSR count). The quantitative estimate of drug-likeness (QED) is 0.660. The summed E-state index contributed by atoms with van der Waals surface area (Å²) in [5.74, 6) is 0.742. The van der Waals surface area contributed by atoms with Gasteiger partial charge in [-0.2, -0.15) is 5.10 Å². The number of carbonyl (C=O) groups excluding carboxylic acids is 1. The molecule has 1 aliphatic heterocycles. The van der Waals surface area contributed by atoms with Gasteiger partial charge in [0.15, 0.2) is 0 Å². The van der Waals surface area contributed by atoms with Crippen LogP contribution < -0.4 is 20.7 Å². The van der Waals surface area contributed by atoms with Gasteiger partial charge in [-0.25, -0.2) is 9.97 Å². The van der Waals surface area contributed by atoms with E-state index in [1.165, 1.54) is 0 Å². The standard InChI is InChI=1S/C21H27N7O2/c1-5-30-18-7-16-14(6-15(18)21(22)29)20(27(4)26-16)17-8-24-19(9-23-17)28-10-12(2)25-13(3)11-28/h6-9,12-13,25H,5,10-11H2,1-4H3,(H2,22,29)/t12-,13+. The second kappa shape index (κ2) is 7.91. The molecule has 1 aromatic carbocycles. The average molecular weight is 409 g/mol. The van der Waals surface area contributed by atoms with Crippen LogP contribution >= 0.6 is 0 Å². The van der Waals surface area contributed by atoms with Crippen LogP contribution in [-0.4, -0.2) is 57.4 Å². The SMILES string of the molecule is CCOc1cc2nn(C)c(-c3cnc(N4C[C@@H](C)N[C@@H](C)C4)cn3)c2cc1C(N)=O. The Labute approximate surface area is 175 Å². The van der Waals surface area contributed by atoms with Gasteiger partial charge in [0.2, 0.25) is 0 Å². The van der Waals surface area contributed by atoms with Crippen LogP contribution in [0.2, 0.25) is 0 Å². The number of piperazine rings is 1. The van der Waals surface area contributed by atoms with Gasteiger partial charge in [0.05, 0.1) is 35.8 Å². The summed E-state index contributed by atoms with van der Waals surface area (Å²) in [4.78, 5) is 23.5. The number of nitrogens with two attached hydrogens (primary N) is 1. The number of primary amides is 1. The largest absolute Gasteiger partial charge is 0.493 e. The summed E-state index contributed by atoms with van der Waals surface area (Å²) < 4.78 is 7.31. The highest BCUT2D eigenvalue weighted by Gasteiger charge is 2.23. The molecule has 0 unspecified atom stereocenters. The van der Waals surface area contributed by atoms with Crippen molar-refractivity contribution >= 4 is 22.6 Å². The van der Waals surface area contributed by atoms with E-state index in [-0.39, 0.29) is 0 Å². The van der Waals surface area contributed by atoms with E-state index in [9.17, 15) is 4.79 Å². The molecule has 2 atom stereocenters. The van der Waals surface area contributed by atoms with Crippen molar-refractivity contribution < 1.29 is 9.53 Å². The van der Waals surface area contributed by atoms with E-state index in [0.29, 0.717) is 41.2 Å². The Hall–Kier alpha value is -3.20. The fraction of sp³-hybridized carbons (Fsp3) is 0.429. The third kappa shape index (κ3) is 3.68. The van der Waals surface area contributed by atoms with E-state index in [0.717, 1.165) is 30.0 Å². The van der Waals surface area contributed by atoms with Crippen LogP contribution in [0.4, 0.5) is 5.82 Å². The van der Waals surface area contributed by atoms with Crippen molar-refractivity contribution in [3.8, 4) is 17.1 Å². The summed E-state index contributed by atoms with van der Waals surface area (Å²) >= 11 is 0. The van der Waals surface area contributed by atoms with Crippen LogP contribution in [0, 0.1) is 0 Å². The minimum absolute atomic E-state index is 0.326. The zero-order valence-corrected chi connectivity index (χ0v) is 17.7. The first-order chi connectivity index (χ1) is 14.4. The van der Waals surface area contributed by atoms with E-state index in [2.05, 4.69) is 39.1 Å². The Morgan fingerprint density at radius 2 is 1.97 bits per heavy atom. The molecule has 0 spiro atoms. The first-order valence-corrected chi connectivity index (χ1v) is 10.1. The second-order valence-corrected chi connectivity index (χ2v) is 7.77. The molecular formula is C21H27N7O2. The number of fused-ring (bicyclic) bond motifs is 1. The lowest BCUT2D eigenvalue weighted by atomic mass is 10.1. The van der Waals surface area contributed by atoms with Gasteiger partial charge in [0.25, 0.3) is 5.91 Å². The number of anilines is 1. The molecule has 2 aromatic heterocycles. The molecule has 1 amide bonds. The van der Waals surface area contributed by atoms with Crippen molar-refractivity contribution in [1.29, 1.82) is 0 Å². The normalized spacial score (nSPS) is 19.3. The lowest BCUT2D eigenvalue weighted by Gasteiger charge is -2.36. The fourth-order valence-corrected chi connectivity index (χ4v) is 4.12. The number of nitrogens with one attached hydrogen (secondary N) is 1. The van der Waals surface area contributed by atoms with Crippen molar-refractivity contribution in [1.82, 2.24) is 25.1 Å². The van der Waals surface area contributed by atoms with Gasteiger partial charge in [0, 0.05) is 43.7 Å². The van der Waals surface area contributed by atoms with Gasteiger partial charge in [0.1, 0.15) is 17.3 Å². The number of hydrogen-bond donors (Lipinski definition) is 2. The lowest BCUT2D eigenvalue weighted by Crippen LogP contribution is -2.54. The Morgan fingerprint density at radius 1 is 1.23 bits per heavy atom. The molecular weight excluding hydrogens is 382 g/mol. The first kappa shape index (κ1) is 20.1. The summed E-state index contributed by atoms with van der Waals surface area (Å²) in [5.41, 5.74) is 8.06. The lowest BCUT2D eigenvalue weighted by molar-refractivity contribution is 0.0997. The van der Waals surface area contributed by atoms with Gasteiger partial charge < -0.3 is 20.7 Å². The molecule has 0 aliphatic carbocycles. The second-order valence-electron chi connectivity index (χ2n) is 7.77. The van der Waals surface area contributed by atoms with Crippen LogP contribution in [0.1, 0.15) is 31.1 Å². The Balaban J connectivity index is 1.73. The van der Waals surface area contributed by atoms with Crippen LogP contribution in [0.5, 0.6) is 5.75 Å². The van der Waals surface area contributed by atoms with Gasteiger partial charge in [-0.15, -0.1) is 0 Å². The smallest absolute Gasteiger partial charge is 0.252 e. The van der Waals surface area contributed by atoms with E-state index in [1.807, 2.05) is 14.0 Å². The molecule has 0 saturated carbocycles. The Kier molecular flexibility index (Phi) is 5.29. The molecule has 9 heteroatoms. The third-order valence-corrected chi connectivity index (χ3v) is 5.26. The predicted octanol–water partition coefficient (Wildman–Crippen LogP) is 1.71. The molecule has 0 bridgehead atoms. The Bertz CT molecular complexity index is 1070. The first-order valence-electron chi connectivity index (χ1n) is 10.1. The molecule has 1 fully saturated rings. The topological polar surface area (TPSA) is 111 Å². The summed E-state index contributed by atoms with van der Waals surface area (Å²) in [6, 6.07) is 4.25. The van der Waals surface area contributed by atoms with Crippen LogP contribution in [0.3, 0.4) is 0 Å². The third-order valence-electron chi connectivity index (χ3n) is 5.26. The highest BCUT2D eigenvalue weighted by molar-refractivity contribution is 6.03. The van der Waals surface area contributed by atoms with Gasteiger partial charge in [-0.1, -0.05) is 0 Å². The summed E-state index contributed by atoms with van der Waals surface area (Å²) in [6.45, 7) is 8.39. The molecule has 1 saturated heterocycles. The zero-order valence-electron chi connectivity index (χ0n) is 17.7. The van der Waals surface area contributed by atoms with Crippen LogP contribution in [0.25, 0.3) is 22.3 Å². The van der Waals surface area contributed by atoms with Crippen molar-refractivity contribution in [2.24, 2.45) is 12.8 Å². The monoisotopic (exact) mass is 409 g/mol. The summed E-state index contributed by atoms with van der Waals surface area (Å²) in [7, 11) is 1.84. The maximum atomic E-state index is 11.9. The number of carbonyl (C=O) groups is 1. The number of hydrogen-bond acceptors (Lipinski definition) is 7. The van der Waals surface area contributed by atoms with Gasteiger partial charge in [-0.3, -0.25) is 9.48 Å². The number of benzene rings is 1. The number of nitrogens with zero attached hydrogens (tertiary/aromatic N) is 5. The average Bonchev–Trinajstić information content (AvgIpc) is 3.01. The van der Waals surface area contributed by atoms with Crippen molar-refractivity contribution in [2.45, 2.75) is 32.9 Å². The van der Waals surface area contributed by atoms with Crippen molar-refractivity contribution in [2.75, 3.05) is 24.6 Å². The number of aromatic nitrogens is 4. The van der Waals surface area contributed by atoms with E-state index < -0.39 is 5.91 Å². The Morgan fingerprint density at radius 3 is 2.57 bits per heavy atom. The van der Waals surface area contributed by atoms with Gasteiger partial charge >= 0.3 is 0 Å². The molecule has 3 heterocycles. The minimum atomic E-state index is -0.543. The number of ether oxygens (including phenoxy) is 1. The highest BCUT2D eigenvalue weighted by atomic mass is 16.5. The molecule has 158 valence electrons. The van der Waals surface area contributed by atoms with Crippen LogP contribution in [0.15, 0.2) is 24.5 Å². The minimum Gasteiger partial charge on any atom is -0.493 e. The zero-order chi connectivity index (χ0) is 21.4. The fourth-order valence-electron chi connectivity index (χ4n) is 4.12. The highest BCUT2D eigenvalue weighted by Crippen LogP contribution is 2.32. The predicted molar refractivity (Wildman–Crippen MR) is 116 cm³/mol. The number of amides is 1. The van der Waals surface area contributed by atoms with Crippen LogP contribution in [-0.2, 0) is 7.05 Å². The van der Waals surface area contributed by atoms with E-state index in [4.69, 9.17) is 10.5 Å². The van der Waals surface area contributed by atoms with E-state index in [1.54, 1.807) is 29.2 Å². The van der Waals surface area contributed by atoms with Crippen molar-refractivity contribution in [3.63, 3.8) is 0 Å². The molecule has 3 N–H and O–H groups in total. The maximum Gasteiger partial charge on any atom is 0.252 e. The number of rotatable bonds is 5. The summed E-state index contributed by atoms with van der Waals surface area (Å²) in [5, 5.41) is 8.86. The maximum absolute atomic E-state index is 11.9. The van der Waals surface area contributed by atoms with Gasteiger partial charge in [-0.05, 0) is 26.8 Å². The molecule has 3 aromatic rings. The molecule has 0 radical (unpaired) electrons. The molecule has 9 nitrogen and oxygen atoms in total.